The van der Waals surface area contributed by atoms with E-state index >= 15 is 0 Å². The summed E-state index contributed by atoms with van der Waals surface area (Å²) in [6.07, 6.45) is 6.35. The van der Waals surface area contributed by atoms with Crippen LogP contribution in [0.1, 0.15) is 55.8 Å². The first-order valence-corrected chi connectivity index (χ1v) is 8.91. The minimum Gasteiger partial charge on any atom is -0.379 e. The summed E-state index contributed by atoms with van der Waals surface area (Å²) >= 11 is 0. The zero-order valence-corrected chi connectivity index (χ0v) is 14.0. The fourth-order valence-electron chi connectivity index (χ4n) is 3.81. The van der Waals surface area contributed by atoms with Crippen molar-refractivity contribution >= 4 is 0 Å². The van der Waals surface area contributed by atoms with Crippen LogP contribution in [-0.4, -0.2) is 31.8 Å². The highest BCUT2D eigenvalue weighted by Crippen LogP contribution is 2.25. The van der Waals surface area contributed by atoms with Crippen LogP contribution in [0.2, 0.25) is 0 Å². The molecule has 3 nitrogen and oxygen atoms in total. The van der Waals surface area contributed by atoms with Crippen molar-refractivity contribution in [2.75, 3.05) is 19.8 Å². The Balaban J connectivity index is 1.55. The van der Waals surface area contributed by atoms with Gasteiger partial charge >= 0.3 is 0 Å². The molecule has 1 saturated heterocycles. The number of fused-ring (bicyclic) bond motifs is 1. The first kappa shape index (κ1) is 16.0. The predicted octanol–water partition coefficient (Wildman–Crippen LogP) is 2.98. The summed E-state index contributed by atoms with van der Waals surface area (Å²) in [5.74, 6) is 0. The molecular formula is C19H30N2O. The Bertz CT molecular complexity index is 482. The maximum Gasteiger partial charge on any atom is 0.0620 e. The van der Waals surface area contributed by atoms with Crippen molar-refractivity contribution in [2.45, 2.75) is 64.1 Å². The smallest absolute Gasteiger partial charge is 0.0620 e. The molecule has 0 spiro atoms. The molecule has 3 heteroatoms. The van der Waals surface area contributed by atoms with Crippen LogP contribution >= 0.6 is 0 Å². The molecule has 0 bridgehead atoms. The number of ether oxygens (including phenoxy) is 1. The molecule has 0 radical (unpaired) electrons. The average Bonchev–Trinajstić information content (AvgIpc) is 2.55. The zero-order valence-electron chi connectivity index (χ0n) is 14.0. The van der Waals surface area contributed by atoms with Gasteiger partial charge in [0.2, 0.25) is 0 Å². The molecule has 122 valence electrons. The molecule has 1 aliphatic carbocycles. The van der Waals surface area contributed by atoms with Crippen LogP contribution in [0.25, 0.3) is 0 Å². The lowest BCUT2D eigenvalue weighted by molar-refractivity contribution is 0.0708. The van der Waals surface area contributed by atoms with Gasteiger partial charge in [0.1, 0.15) is 0 Å². The van der Waals surface area contributed by atoms with Gasteiger partial charge in [0, 0.05) is 24.7 Å². The SMILES string of the molecule is CC(CC1COCCN1)NC(C)c1ccc2c(c1)CCCC2. The summed E-state index contributed by atoms with van der Waals surface area (Å²) in [7, 11) is 0. The van der Waals surface area contributed by atoms with E-state index in [1.54, 1.807) is 11.1 Å². The van der Waals surface area contributed by atoms with Crippen molar-refractivity contribution in [3.63, 3.8) is 0 Å². The molecule has 0 saturated carbocycles. The third-order valence-electron chi connectivity index (χ3n) is 5.04. The van der Waals surface area contributed by atoms with Gasteiger partial charge in [-0.1, -0.05) is 18.2 Å². The van der Waals surface area contributed by atoms with E-state index in [1.807, 2.05) is 0 Å². The molecule has 3 unspecified atom stereocenters. The van der Waals surface area contributed by atoms with Gasteiger partial charge in [0.25, 0.3) is 0 Å². The Kier molecular flexibility index (Phi) is 5.51. The molecule has 1 fully saturated rings. The number of rotatable bonds is 5. The van der Waals surface area contributed by atoms with Gasteiger partial charge in [0.15, 0.2) is 0 Å². The fourth-order valence-corrected chi connectivity index (χ4v) is 3.81. The van der Waals surface area contributed by atoms with Crippen LogP contribution < -0.4 is 10.6 Å². The van der Waals surface area contributed by atoms with Crippen LogP contribution in [0.3, 0.4) is 0 Å². The van der Waals surface area contributed by atoms with Crippen molar-refractivity contribution in [1.29, 1.82) is 0 Å². The Morgan fingerprint density at radius 3 is 2.82 bits per heavy atom. The van der Waals surface area contributed by atoms with Gasteiger partial charge < -0.3 is 15.4 Å². The third kappa shape index (κ3) is 4.09. The van der Waals surface area contributed by atoms with Gasteiger partial charge in [-0.05, 0) is 62.6 Å². The zero-order chi connectivity index (χ0) is 15.4. The van der Waals surface area contributed by atoms with Gasteiger partial charge in [-0.3, -0.25) is 0 Å². The van der Waals surface area contributed by atoms with Crippen LogP contribution in [-0.2, 0) is 17.6 Å². The number of benzene rings is 1. The average molecular weight is 302 g/mol. The summed E-state index contributed by atoms with van der Waals surface area (Å²) in [6, 6.07) is 8.49. The Hall–Kier alpha value is -0.900. The van der Waals surface area contributed by atoms with Crippen molar-refractivity contribution in [2.24, 2.45) is 0 Å². The highest BCUT2D eigenvalue weighted by atomic mass is 16.5. The van der Waals surface area contributed by atoms with Crippen LogP contribution in [0.5, 0.6) is 0 Å². The highest BCUT2D eigenvalue weighted by Gasteiger charge is 2.18. The number of hydrogen-bond donors (Lipinski definition) is 2. The van der Waals surface area contributed by atoms with E-state index in [0.29, 0.717) is 18.1 Å². The first-order valence-electron chi connectivity index (χ1n) is 8.91. The minimum atomic E-state index is 0.409. The quantitative estimate of drug-likeness (QED) is 0.877. The summed E-state index contributed by atoms with van der Waals surface area (Å²) in [6.45, 7) is 7.25. The molecule has 0 aromatic heterocycles. The van der Waals surface area contributed by atoms with E-state index in [1.165, 1.54) is 31.2 Å². The summed E-state index contributed by atoms with van der Waals surface area (Å²) < 4.78 is 5.54. The summed E-state index contributed by atoms with van der Waals surface area (Å²) in [5, 5.41) is 7.29. The van der Waals surface area contributed by atoms with E-state index in [4.69, 9.17) is 4.74 Å². The summed E-state index contributed by atoms with van der Waals surface area (Å²) in [5.41, 5.74) is 4.58. The predicted molar refractivity (Wildman–Crippen MR) is 91.3 cm³/mol. The van der Waals surface area contributed by atoms with Crippen LogP contribution in [0.15, 0.2) is 18.2 Å². The highest BCUT2D eigenvalue weighted by molar-refractivity contribution is 5.35. The molecule has 1 aliphatic heterocycles. The number of morpholine rings is 1. The summed E-state index contributed by atoms with van der Waals surface area (Å²) in [4.78, 5) is 0. The third-order valence-corrected chi connectivity index (χ3v) is 5.04. The molecule has 0 amide bonds. The van der Waals surface area contributed by atoms with Crippen LogP contribution in [0, 0.1) is 0 Å². The Morgan fingerprint density at radius 2 is 2.05 bits per heavy atom. The molecular weight excluding hydrogens is 272 g/mol. The molecule has 1 heterocycles. The van der Waals surface area contributed by atoms with Crippen molar-refractivity contribution in [3.05, 3.63) is 34.9 Å². The number of hydrogen-bond acceptors (Lipinski definition) is 3. The monoisotopic (exact) mass is 302 g/mol. The molecule has 1 aromatic rings. The maximum absolute atomic E-state index is 5.54. The van der Waals surface area contributed by atoms with Crippen molar-refractivity contribution in [3.8, 4) is 0 Å². The van der Waals surface area contributed by atoms with Gasteiger partial charge in [-0.25, -0.2) is 0 Å². The normalized spacial score (nSPS) is 24.5. The standard InChI is InChI=1S/C19H30N2O/c1-14(11-19-13-22-10-9-20-19)21-15(2)17-8-7-16-5-3-4-6-18(16)12-17/h7-8,12,14-15,19-21H,3-6,9-11,13H2,1-2H3. The molecule has 22 heavy (non-hydrogen) atoms. The molecule has 1 aromatic carbocycles. The van der Waals surface area contributed by atoms with Crippen molar-refractivity contribution in [1.82, 2.24) is 10.6 Å². The largest absolute Gasteiger partial charge is 0.379 e. The second kappa shape index (κ2) is 7.58. The van der Waals surface area contributed by atoms with Gasteiger partial charge in [-0.15, -0.1) is 0 Å². The lowest BCUT2D eigenvalue weighted by Gasteiger charge is -2.28. The van der Waals surface area contributed by atoms with Crippen LogP contribution in [0.4, 0.5) is 0 Å². The Morgan fingerprint density at radius 1 is 1.23 bits per heavy atom. The maximum atomic E-state index is 5.54. The molecule has 3 atom stereocenters. The van der Waals surface area contributed by atoms with Gasteiger partial charge in [-0.2, -0.15) is 0 Å². The fraction of sp³-hybridized carbons (Fsp3) is 0.684. The number of aryl methyl sites for hydroxylation is 2. The van der Waals surface area contributed by atoms with E-state index in [-0.39, 0.29) is 0 Å². The topological polar surface area (TPSA) is 33.3 Å². The second-order valence-electron chi connectivity index (χ2n) is 6.99. The lowest BCUT2D eigenvalue weighted by Crippen LogP contribution is -2.45. The second-order valence-corrected chi connectivity index (χ2v) is 6.99. The molecule has 2 N–H and O–H groups in total. The molecule has 3 rings (SSSR count). The van der Waals surface area contributed by atoms with Crippen molar-refractivity contribution < 1.29 is 4.74 Å². The minimum absolute atomic E-state index is 0.409. The first-order chi connectivity index (χ1) is 10.7. The lowest BCUT2D eigenvalue weighted by atomic mass is 9.89. The Labute approximate surface area is 134 Å². The van der Waals surface area contributed by atoms with E-state index in [9.17, 15) is 0 Å². The van der Waals surface area contributed by atoms with E-state index in [0.717, 1.165) is 26.2 Å². The number of nitrogens with one attached hydrogen (secondary N) is 2. The van der Waals surface area contributed by atoms with E-state index in [2.05, 4.69) is 42.7 Å². The van der Waals surface area contributed by atoms with E-state index < -0.39 is 0 Å². The molecule has 2 aliphatic rings. The van der Waals surface area contributed by atoms with Gasteiger partial charge in [0.05, 0.1) is 13.2 Å².